The highest BCUT2D eigenvalue weighted by Gasteiger charge is 2.17. The van der Waals surface area contributed by atoms with Gasteiger partial charge in [-0.2, -0.15) is 0 Å². The molecule has 0 radical (unpaired) electrons. The van der Waals surface area contributed by atoms with Gasteiger partial charge in [0.2, 0.25) is 10.0 Å². The summed E-state index contributed by atoms with van der Waals surface area (Å²) in [7, 11) is -3.66. The number of nitrogens with zero attached hydrogens (tertiary/aromatic N) is 1. The molecule has 0 fully saturated rings. The first-order valence-corrected chi connectivity index (χ1v) is 11.9. The second-order valence-corrected chi connectivity index (χ2v) is 9.57. The van der Waals surface area contributed by atoms with Crippen molar-refractivity contribution in [1.29, 1.82) is 0 Å². The Morgan fingerprint density at radius 2 is 1.60 bits per heavy atom. The van der Waals surface area contributed by atoms with Crippen molar-refractivity contribution in [2.24, 2.45) is 0 Å². The molecular formula is C22H16ClFN2O2S2. The fourth-order valence-electron chi connectivity index (χ4n) is 2.95. The second kappa shape index (κ2) is 8.55. The molecule has 0 spiro atoms. The van der Waals surface area contributed by atoms with Crippen molar-refractivity contribution in [3.05, 3.63) is 94.6 Å². The summed E-state index contributed by atoms with van der Waals surface area (Å²) in [6.45, 7) is 0. The topological polar surface area (TPSA) is 59.1 Å². The Bertz CT molecular complexity index is 1290. The van der Waals surface area contributed by atoms with Gasteiger partial charge in [0.1, 0.15) is 10.8 Å². The molecule has 3 aromatic carbocycles. The lowest BCUT2D eigenvalue weighted by atomic mass is 10.1. The van der Waals surface area contributed by atoms with Crippen LogP contribution in [0.4, 0.5) is 10.1 Å². The van der Waals surface area contributed by atoms with Crippen LogP contribution in [-0.4, -0.2) is 13.4 Å². The minimum Gasteiger partial charge on any atom is -0.283 e. The number of nitrogens with one attached hydrogen (secondary N) is 1. The summed E-state index contributed by atoms with van der Waals surface area (Å²) in [5.41, 5.74) is 2.64. The number of hydrogen-bond donors (Lipinski definition) is 1. The van der Waals surface area contributed by atoms with Crippen molar-refractivity contribution in [2.75, 3.05) is 4.72 Å². The summed E-state index contributed by atoms with van der Waals surface area (Å²) >= 11 is 7.16. The number of aromatic nitrogens is 1. The minimum absolute atomic E-state index is 0.184. The molecule has 0 saturated heterocycles. The van der Waals surface area contributed by atoms with E-state index in [1.54, 1.807) is 72.1 Å². The highest BCUT2D eigenvalue weighted by atomic mass is 35.5. The van der Waals surface area contributed by atoms with Crippen molar-refractivity contribution in [3.8, 4) is 21.8 Å². The van der Waals surface area contributed by atoms with E-state index in [1.165, 1.54) is 17.4 Å². The van der Waals surface area contributed by atoms with Gasteiger partial charge in [-0.1, -0.05) is 54.1 Å². The molecule has 0 aliphatic heterocycles. The average Bonchev–Trinajstić information content (AvgIpc) is 3.20. The smallest absolute Gasteiger partial charge is 0.236 e. The van der Waals surface area contributed by atoms with E-state index in [0.29, 0.717) is 38.1 Å². The third-order valence-electron chi connectivity index (χ3n) is 4.35. The van der Waals surface area contributed by atoms with Gasteiger partial charge in [0.25, 0.3) is 0 Å². The molecule has 0 aliphatic rings. The Labute approximate surface area is 183 Å². The molecule has 0 aliphatic carbocycles. The van der Waals surface area contributed by atoms with E-state index in [1.807, 2.05) is 0 Å². The largest absolute Gasteiger partial charge is 0.283 e. The molecule has 0 unspecified atom stereocenters. The van der Waals surface area contributed by atoms with Gasteiger partial charge in [-0.25, -0.2) is 17.8 Å². The fraction of sp³-hybridized carbons (Fsp3) is 0.0455. The lowest BCUT2D eigenvalue weighted by molar-refractivity contribution is 0.600. The molecule has 0 bridgehead atoms. The van der Waals surface area contributed by atoms with Gasteiger partial charge in [-0.3, -0.25) is 4.72 Å². The average molecular weight is 459 g/mol. The predicted octanol–water partition coefficient (Wildman–Crippen LogP) is 6.21. The van der Waals surface area contributed by atoms with Crippen LogP contribution >= 0.6 is 22.9 Å². The van der Waals surface area contributed by atoms with Crippen molar-refractivity contribution < 1.29 is 12.8 Å². The maximum atomic E-state index is 14.1. The van der Waals surface area contributed by atoms with Crippen LogP contribution in [0.25, 0.3) is 21.8 Å². The first-order valence-electron chi connectivity index (χ1n) is 8.96. The Morgan fingerprint density at radius 1 is 0.933 bits per heavy atom. The Kier molecular flexibility index (Phi) is 5.85. The highest BCUT2D eigenvalue weighted by molar-refractivity contribution is 7.91. The van der Waals surface area contributed by atoms with E-state index < -0.39 is 10.0 Å². The van der Waals surface area contributed by atoms with Gasteiger partial charge in [-0.15, -0.1) is 11.3 Å². The van der Waals surface area contributed by atoms with Crippen LogP contribution in [-0.2, 0) is 15.8 Å². The minimum atomic E-state index is -3.66. The molecule has 0 amide bonds. The van der Waals surface area contributed by atoms with Gasteiger partial charge in [0, 0.05) is 21.5 Å². The quantitative estimate of drug-likeness (QED) is 0.373. The van der Waals surface area contributed by atoms with Crippen molar-refractivity contribution in [3.63, 3.8) is 0 Å². The molecule has 4 aromatic rings. The maximum Gasteiger partial charge on any atom is 0.236 e. The summed E-state index contributed by atoms with van der Waals surface area (Å²) in [5, 5.41) is 2.86. The summed E-state index contributed by atoms with van der Waals surface area (Å²) < 4.78 is 42.1. The first-order chi connectivity index (χ1) is 14.4. The van der Waals surface area contributed by atoms with E-state index in [9.17, 15) is 12.8 Å². The number of sulfonamides is 1. The summed E-state index contributed by atoms with van der Waals surface area (Å²) in [4.78, 5) is 4.52. The number of thiazole rings is 1. The van der Waals surface area contributed by atoms with Crippen molar-refractivity contribution in [1.82, 2.24) is 4.98 Å². The number of hydrogen-bond acceptors (Lipinski definition) is 4. The molecule has 0 saturated carbocycles. The van der Waals surface area contributed by atoms with Crippen LogP contribution in [0.1, 0.15) is 5.56 Å². The number of benzene rings is 3. The van der Waals surface area contributed by atoms with E-state index >= 15 is 0 Å². The molecule has 4 rings (SSSR count). The number of rotatable bonds is 6. The number of para-hydroxylation sites is 1. The molecule has 1 heterocycles. The Morgan fingerprint density at radius 3 is 2.33 bits per heavy atom. The first kappa shape index (κ1) is 20.5. The normalized spacial score (nSPS) is 11.4. The molecule has 8 heteroatoms. The van der Waals surface area contributed by atoms with Crippen LogP contribution < -0.4 is 4.72 Å². The van der Waals surface area contributed by atoms with Crippen LogP contribution in [0.2, 0.25) is 5.02 Å². The fourth-order valence-corrected chi connectivity index (χ4v) is 5.14. The highest BCUT2D eigenvalue weighted by Crippen LogP contribution is 2.34. The van der Waals surface area contributed by atoms with Gasteiger partial charge < -0.3 is 0 Å². The lowest BCUT2D eigenvalue weighted by Crippen LogP contribution is -2.15. The van der Waals surface area contributed by atoms with E-state index in [2.05, 4.69) is 9.71 Å². The van der Waals surface area contributed by atoms with Crippen LogP contribution in [0.15, 0.2) is 78.2 Å². The molecular weight excluding hydrogens is 443 g/mol. The summed E-state index contributed by atoms with van der Waals surface area (Å²) in [6.07, 6.45) is 0. The van der Waals surface area contributed by atoms with Gasteiger partial charge in [0.05, 0.1) is 17.1 Å². The summed E-state index contributed by atoms with van der Waals surface area (Å²) in [5.74, 6) is -0.536. The lowest BCUT2D eigenvalue weighted by Gasteiger charge is -2.11. The number of anilines is 1. The van der Waals surface area contributed by atoms with Crippen LogP contribution in [0.3, 0.4) is 0 Å². The van der Waals surface area contributed by atoms with E-state index in [4.69, 9.17) is 11.6 Å². The van der Waals surface area contributed by atoms with Crippen molar-refractivity contribution in [2.45, 2.75) is 5.75 Å². The molecule has 1 N–H and O–H groups in total. The zero-order valence-electron chi connectivity index (χ0n) is 15.5. The van der Waals surface area contributed by atoms with Crippen LogP contribution in [0.5, 0.6) is 0 Å². The second-order valence-electron chi connectivity index (χ2n) is 6.55. The van der Waals surface area contributed by atoms with Gasteiger partial charge >= 0.3 is 0 Å². The van der Waals surface area contributed by atoms with Gasteiger partial charge in [-0.05, 0) is 35.9 Å². The zero-order valence-corrected chi connectivity index (χ0v) is 17.9. The maximum absolute atomic E-state index is 14.1. The monoisotopic (exact) mass is 458 g/mol. The molecule has 4 nitrogen and oxygen atoms in total. The van der Waals surface area contributed by atoms with Crippen LogP contribution in [0, 0.1) is 5.82 Å². The van der Waals surface area contributed by atoms with E-state index in [0.717, 1.165) is 0 Å². The SMILES string of the molecule is O=S(=O)(Cc1ccc(Cl)cc1)Nc1ccccc1-c1csc(-c2ccccc2F)n1. The molecule has 0 atom stereocenters. The third-order valence-corrected chi connectivity index (χ3v) is 6.72. The van der Waals surface area contributed by atoms with Crippen molar-refractivity contribution >= 4 is 38.6 Å². The molecule has 1 aromatic heterocycles. The Hall–Kier alpha value is -2.74. The zero-order chi connectivity index (χ0) is 21.1. The standard InChI is InChI=1S/C22H16ClFN2O2S2/c23-16-11-9-15(10-12-16)14-30(27,28)26-20-8-4-2-6-18(20)21-13-29-22(25-21)17-5-1-3-7-19(17)24/h1-13,26H,14H2. The molecule has 152 valence electrons. The van der Waals surface area contributed by atoms with E-state index in [-0.39, 0.29) is 11.6 Å². The molecule has 30 heavy (non-hydrogen) atoms. The number of halogens is 2. The Balaban J connectivity index is 1.62. The predicted molar refractivity (Wildman–Crippen MR) is 121 cm³/mol. The third kappa shape index (κ3) is 4.70. The van der Waals surface area contributed by atoms with Gasteiger partial charge in [0.15, 0.2) is 0 Å². The summed E-state index contributed by atoms with van der Waals surface area (Å²) in [6, 6.07) is 20.1.